The largest absolute Gasteiger partial charge is 0.414 e. The van der Waals surface area contributed by atoms with E-state index in [0.29, 0.717) is 12.1 Å². The summed E-state index contributed by atoms with van der Waals surface area (Å²) in [5, 5.41) is 0. The molecule has 0 aliphatic carbocycles. The number of halogens is 3. The van der Waals surface area contributed by atoms with Crippen LogP contribution in [0.2, 0.25) is 0 Å². The highest BCUT2D eigenvalue weighted by Gasteiger charge is 2.37. The molecule has 1 amide bonds. The Balaban J connectivity index is 2.34. The molecule has 0 N–H and O–H groups in total. The summed E-state index contributed by atoms with van der Waals surface area (Å²) in [7, 11) is 1.68. The van der Waals surface area contributed by atoms with Gasteiger partial charge in [-0.3, -0.25) is 4.79 Å². The molecule has 0 aromatic rings. The topological polar surface area (TPSA) is 23.6 Å². The Labute approximate surface area is 110 Å². The summed E-state index contributed by atoms with van der Waals surface area (Å²) in [6.07, 6.45) is -1.58. The van der Waals surface area contributed by atoms with E-state index in [-0.39, 0.29) is 19.0 Å². The maximum atomic E-state index is 12.8. The van der Waals surface area contributed by atoms with Gasteiger partial charge in [0.15, 0.2) is 0 Å². The van der Waals surface area contributed by atoms with Crippen molar-refractivity contribution in [3.05, 3.63) is 22.9 Å². The van der Waals surface area contributed by atoms with Crippen LogP contribution in [0.5, 0.6) is 0 Å². The summed E-state index contributed by atoms with van der Waals surface area (Å²) in [6.45, 7) is 2.22. The number of carbonyl (C=O) groups excluding carboxylic acids is 1. The van der Waals surface area contributed by atoms with Crippen molar-refractivity contribution in [2.45, 2.75) is 25.9 Å². The average molecular weight is 274 g/mol. The fraction of sp³-hybridized carbons (Fsp3) is 0.615. The van der Waals surface area contributed by atoms with Gasteiger partial charge in [0.25, 0.3) is 0 Å². The van der Waals surface area contributed by atoms with Gasteiger partial charge in [-0.2, -0.15) is 13.2 Å². The van der Waals surface area contributed by atoms with E-state index in [0.717, 1.165) is 18.5 Å². The first kappa shape index (κ1) is 14.0. The first-order valence-corrected chi connectivity index (χ1v) is 6.25. The quantitative estimate of drug-likeness (QED) is 0.677. The predicted octanol–water partition coefficient (Wildman–Crippen LogP) is 2.32. The molecule has 0 bridgehead atoms. The fourth-order valence-electron chi connectivity index (χ4n) is 2.59. The molecular weight excluding hydrogens is 257 g/mol. The minimum absolute atomic E-state index is 0.0936. The molecule has 0 aromatic carbocycles. The molecule has 0 atom stereocenters. The van der Waals surface area contributed by atoms with Crippen molar-refractivity contribution in [3.8, 4) is 0 Å². The lowest BCUT2D eigenvalue weighted by Gasteiger charge is -2.31. The van der Waals surface area contributed by atoms with Gasteiger partial charge in [-0.25, -0.2) is 0 Å². The van der Waals surface area contributed by atoms with Crippen LogP contribution < -0.4 is 0 Å². The maximum Gasteiger partial charge on any atom is 0.414 e. The van der Waals surface area contributed by atoms with Gasteiger partial charge in [-0.05, 0) is 24.5 Å². The smallest absolute Gasteiger partial charge is 0.373 e. The lowest BCUT2D eigenvalue weighted by atomic mass is 10.0. The van der Waals surface area contributed by atoms with Crippen LogP contribution in [0.4, 0.5) is 13.2 Å². The first-order valence-electron chi connectivity index (χ1n) is 6.25. The second kappa shape index (κ2) is 4.90. The molecule has 3 nitrogen and oxygen atoms in total. The fourth-order valence-corrected chi connectivity index (χ4v) is 2.59. The van der Waals surface area contributed by atoms with Crippen molar-refractivity contribution in [3.63, 3.8) is 0 Å². The summed E-state index contributed by atoms with van der Waals surface area (Å²) < 4.78 is 38.5. The van der Waals surface area contributed by atoms with E-state index in [2.05, 4.69) is 0 Å². The van der Waals surface area contributed by atoms with Crippen molar-refractivity contribution in [2.75, 3.05) is 26.7 Å². The molecule has 106 valence electrons. The number of hydrogen-bond acceptors (Lipinski definition) is 2. The Hall–Kier alpha value is -1.46. The SMILES string of the molecule is CC(=O)N1CCCC2=C(C=C(C(F)(F)F)CN2C)C1. The zero-order chi connectivity index (χ0) is 14.2. The van der Waals surface area contributed by atoms with E-state index in [1.165, 1.54) is 13.0 Å². The zero-order valence-corrected chi connectivity index (χ0v) is 11.0. The molecule has 0 saturated carbocycles. The Morgan fingerprint density at radius 1 is 1.32 bits per heavy atom. The van der Waals surface area contributed by atoms with Crippen LogP contribution in [0.15, 0.2) is 22.9 Å². The summed E-state index contributed by atoms with van der Waals surface area (Å²) >= 11 is 0. The maximum absolute atomic E-state index is 12.8. The first-order chi connectivity index (χ1) is 8.79. The van der Waals surface area contributed by atoms with Gasteiger partial charge in [0.2, 0.25) is 5.91 Å². The van der Waals surface area contributed by atoms with Crippen LogP contribution in [0.25, 0.3) is 0 Å². The van der Waals surface area contributed by atoms with Gasteiger partial charge in [-0.1, -0.05) is 0 Å². The van der Waals surface area contributed by atoms with Crippen molar-refractivity contribution in [2.24, 2.45) is 0 Å². The van der Waals surface area contributed by atoms with Crippen LogP contribution in [0.1, 0.15) is 19.8 Å². The monoisotopic (exact) mass is 274 g/mol. The lowest BCUT2D eigenvalue weighted by Crippen LogP contribution is -2.34. The number of alkyl halides is 3. The normalized spacial score (nSPS) is 21.0. The zero-order valence-electron chi connectivity index (χ0n) is 11.0. The molecule has 2 aliphatic rings. The molecular formula is C13H17F3N2O. The summed E-state index contributed by atoms with van der Waals surface area (Å²) in [5.74, 6) is -0.0936. The minimum Gasteiger partial charge on any atom is -0.373 e. The standard InChI is InChI=1S/C13H17F3N2O/c1-9(19)18-5-3-4-12-10(7-18)6-11(8-17(12)2)13(14,15)16/h6H,3-5,7-8H2,1-2H3. The number of rotatable bonds is 0. The minimum atomic E-state index is -4.31. The Bertz CT molecular complexity index is 451. The van der Waals surface area contributed by atoms with Crippen LogP contribution in [0.3, 0.4) is 0 Å². The van der Waals surface area contributed by atoms with Crippen molar-refractivity contribution >= 4 is 5.91 Å². The van der Waals surface area contributed by atoms with Gasteiger partial charge in [0.1, 0.15) is 0 Å². The number of nitrogens with zero attached hydrogens (tertiary/aromatic N) is 2. The van der Waals surface area contributed by atoms with E-state index in [9.17, 15) is 18.0 Å². The Morgan fingerprint density at radius 3 is 2.58 bits per heavy atom. The molecule has 2 aliphatic heterocycles. The molecule has 0 fully saturated rings. The second-order valence-electron chi connectivity index (χ2n) is 5.04. The lowest BCUT2D eigenvalue weighted by molar-refractivity contribution is -0.128. The van der Waals surface area contributed by atoms with E-state index in [1.54, 1.807) is 16.8 Å². The van der Waals surface area contributed by atoms with Gasteiger partial charge >= 0.3 is 6.18 Å². The Kier molecular flexibility index (Phi) is 3.60. The van der Waals surface area contributed by atoms with Gasteiger partial charge < -0.3 is 9.80 Å². The number of likely N-dealkylation sites (N-methyl/N-ethyl adjacent to an activating group) is 1. The molecule has 2 heterocycles. The molecule has 19 heavy (non-hydrogen) atoms. The number of amides is 1. The van der Waals surface area contributed by atoms with E-state index < -0.39 is 11.7 Å². The average Bonchev–Trinajstić information content (AvgIpc) is 2.50. The highest BCUT2D eigenvalue weighted by molar-refractivity contribution is 5.73. The van der Waals surface area contributed by atoms with E-state index in [1.807, 2.05) is 0 Å². The van der Waals surface area contributed by atoms with Gasteiger partial charge in [0, 0.05) is 39.3 Å². The second-order valence-corrected chi connectivity index (χ2v) is 5.04. The third kappa shape index (κ3) is 2.93. The number of allylic oxidation sites excluding steroid dienone is 1. The third-order valence-corrected chi connectivity index (χ3v) is 3.60. The van der Waals surface area contributed by atoms with Crippen molar-refractivity contribution < 1.29 is 18.0 Å². The van der Waals surface area contributed by atoms with Gasteiger partial charge in [0.05, 0.1) is 5.57 Å². The Morgan fingerprint density at radius 2 is 2.00 bits per heavy atom. The summed E-state index contributed by atoms with van der Waals surface area (Å²) in [4.78, 5) is 14.7. The molecule has 0 radical (unpaired) electrons. The number of carbonyl (C=O) groups is 1. The summed E-state index contributed by atoms with van der Waals surface area (Å²) in [5.41, 5.74) is 1.00. The van der Waals surface area contributed by atoms with Crippen molar-refractivity contribution in [1.29, 1.82) is 0 Å². The van der Waals surface area contributed by atoms with E-state index >= 15 is 0 Å². The molecule has 0 spiro atoms. The van der Waals surface area contributed by atoms with Crippen LogP contribution in [-0.2, 0) is 4.79 Å². The highest BCUT2D eigenvalue weighted by atomic mass is 19.4. The molecule has 0 aromatic heterocycles. The highest BCUT2D eigenvalue weighted by Crippen LogP contribution is 2.34. The molecule has 0 unspecified atom stereocenters. The summed E-state index contributed by atoms with van der Waals surface area (Å²) in [6, 6.07) is 0. The van der Waals surface area contributed by atoms with E-state index in [4.69, 9.17) is 0 Å². The third-order valence-electron chi connectivity index (χ3n) is 3.60. The van der Waals surface area contributed by atoms with Crippen LogP contribution in [-0.4, -0.2) is 48.6 Å². The van der Waals surface area contributed by atoms with Crippen LogP contribution >= 0.6 is 0 Å². The molecule has 6 heteroatoms. The van der Waals surface area contributed by atoms with Crippen LogP contribution in [0, 0.1) is 0 Å². The molecule has 0 saturated heterocycles. The molecule has 2 rings (SSSR count). The van der Waals surface area contributed by atoms with Gasteiger partial charge in [-0.15, -0.1) is 0 Å². The van der Waals surface area contributed by atoms with Crippen molar-refractivity contribution in [1.82, 2.24) is 9.80 Å². The predicted molar refractivity (Wildman–Crippen MR) is 65.3 cm³/mol. The number of hydrogen-bond donors (Lipinski definition) is 0.